The van der Waals surface area contributed by atoms with Gasteiger partial charge in [-0.05, 0) is 49.2 Å². The molecule has 0 bridgehead atoms. The minimum Gasteiger partial charge on any atom is -0.320 e. The molecule has 4 rings (SSSR count). The molecule has 0 spiro atoms. The van der Waals surface area contributed by atoms with E-state index in [0.717, 1.165) is 22.5 Å². The molecular formula is C22H20N6OS. The van der Waals surface area contributed by atoms with Crippen molar-refractivity contribution in [2.45, 2.75) is 24.8 Å². The fraction of sp³-hybridized carbons (Fsp3) is 0.136. The zero-order valence-corrected chi connectivity index (χ0v) is 17.4. The maximum Gasteiger partial charge on any atom is 0.278 e. The lowest BCUT2D eigenvalue weighted by Crippen LogP contribution is -2.16. The van der Waals surface area contributed by atoms with Crippen LogP contribution in [0, 0.1) is 13.8 Å². The normalized spacial score (nSPS) is 10.7. The summed E-state index contributed by atoms with van der Waals surface area (Å²) in [5.41, 5.74) is 4.61. The number of rotatable bonds is 6. The highest BCUT2D eigenvalue weighted by atomic mass is 32.2. The third kappa shape index (κ3) is 4.38. The molecule has 1 amide bonds. The number of hydrogen-bond acceptors (Lipinski definition) is 6. The van der Waals surface area contributed by atoms with Gasteiger partial charge in [0, 0.05) is 23.8 Å². The van der Waals surface area contributed by atoms with Crippen LogP contribution in [0.3, 0.4) is 0 Å². The van der Waals surface area contributed by atoms with Crippen LogP contribution in [0.25, 0.3) is 5.69 Å². The van der Waals surface area contributed by atoms with Gasteiger partial charge in [-0.3, -0.25) is 4.79 Å². The minimum atomic E-state index is -0.296. The average Bonchev–Trinajstić information content (AvgIpc) is 3.20. The topological polar surface area (TPSA) is 85.6 Å². The Bertz CT molecular complexity index is 1160. The molecule has 0 unspecified atom stereocenters. The van der Waals surface area contributed by atoms with E-state index in [0.29, 0.717) is 16.6 Å². The van der Waals surface area contributed by atoms with Gasteiger partial charge in [0.15, 0.2) is 10.9 Å². The molecular weight excluding hydrogens is 396 g/mol. The number of nitrogens with one attached hydrogen (secondary N) is 1. The van der Waals surface area contributed by atoms with E-state index in [1.807, 2.05) is 62.4 Å². The van der Waals surface area contributed by atoms with E-state index in [2.05, 4.69) is 25.6 Å². The highest BCUT2D eigenvalue weighted by molar-refractivity contribution is 7.98. The molecule has 1 N–H and O–H groups in total. The van der Waals surface area contributed by atoms with Gasteiger partial charge in [-0.15, -0.1) is 5.10 Å². The molecule has 0 saturated heterocycles. The fourth-order valence-electron chi connectivity index (χ4n) is 2.93. The largest absolute Gasteiger partial charge is 0.320 e. The number of carbonyl (C=O) groups excluding carboxylic acids is 1. The van der Waals surface area contributed by atoms with Crippen LogP contribution in [0.5, 0.6) is 0 Å². The molecule has 2 aromatic heterocycles. The lowest BCUT2D eigenvalue weighted by Gasteiger charge is -2.10. The molecule has 0 fully saturated rings. The molecule has 0 aliphatic rings. The minimum absolute atomic E-state index is 0.281. The highest BCUT2D eigenvalue weighted by Gasteiger charge is 2.22. The maximum atomic E-state index is 13.1. The van der Waals surface area contributed by atoms with Crippen LogP contribution in [0.15, 0.2) is 72.1 Å². The Morgan fingerprint density at radius 3 is 2.57 bits per heavy atom. The molecule has 0 aliphatic carbocycles. The second-order valence-corrected chi connectivity index (χ2v) is 7.67. The van der Waals surface area contributed by atoms with Crippen LogP contribution in [-0.4, -0.2) is 30.9 Å². The maximum absolute atomic E-state index is 13.1. The molecule has 2 aromatic carbocycles. The summed E-state index contributed by atoms with van der Waals surface area (Å²) >= 11 is 1.43. The molecule has 0 saturated carbocycles. The quantitative estimate of drug-likeness (QED) is 0.374. The first-order valence-electron chi connectivity index (χ1n) is 9.40. The van der Waals surface area contributed by atoms with Gasteiger partial charge in [-0.1, -0.05) is 47.3 Å². The van der Waals surface area contributed by atoms with Gasteiger partial charge in [-0.2, -0.15) is 0 Å². The van der Waals surface area contributed by atoms with Crippen molar-refractivity contribution in [1.82, 2.24) is 25.0 Å². The molecule has 150 valence electrons. The van der Waals surface area contributed by atoms with Crippen molar-refractivity contribution < 1.29 is 4.79 Å². The van der Waals surface area contributed by atoms with Gasteiger partial charge < -0.3 is 5.32 Å². The third-order valence-electron chi connectivity index (χ3n) is 4.50. The standard InChI is InChI=1S/C22H20N6OS/c1-15-9-10-16(2)18(13-15)25-21(29)20-19(14-30-22-23-11-6-12-24-22)28(27-26-20)17-7-4-3-5-8-17/h3-13H,14H2,1-2H3,(H,25,29). The van der Waals surface area contributed by atoms with E-state index in [9.17, 15) is 4.79 Å². The number of carbonyl (C=O) groups is 1. The molecule has 0 aliphatic heterocycles. The number of hydrogen-bond donors (Lipinski definition) is 1. The second kappa shape index (κ2) is 8.87. The van der Waals surface area contributed by atoms with E-state index in [1.54, 1.807) is 23.1 Å². The Morgan fingerprint density at radius 1 is 1.03 bits per heavy atom. The highest BCUT2D eigenvalue weighted by Crippen LogP contribution is 2.24. The molecule has 0 atom stereocenters. The van der Waals surface area contributed by atoms with E-state index in [-0.39, 0.29) is 11.6 Å². The zero-order chi connectivity index (χ0) is 20.9. The molecule has 0 radical (unpaired) electrons. The lowest BCUT2D eigenvalue weighted by molar-refractivity contribution is 0.102. The van der Waals surface area contributed by atoms with E-state index in [1.165, 1.54) is 11.8 Å². The number of aromatic nitrogens is 5. The predicted molar refractivity (Wildman–Crippen MR) is 117 cm³/mol. The summed E-state index contributed by atoms with van der Waals surface area (Å²) < 4.78 is 1.69. The Morgan fingerprint density at radius 2 is 1.80 bits per heavy atom. The van der Waals surface area contributed by atoms with E-state index < -0.39 is 0 Å². The van der Waals surface area contributed by atoms with Gasteiger partial charge in [0.05, 0.1) is 11.4 Å². The van der Waals surface area contributed by atoms with Gasteiger partial charge in [0.2, 0.25) is 0 Å². The summed E-state index contributed by atoms with van der Waals surface area (Å²) in [4.78, 5) is 21.6. The number of nitrogens with zero attached hydrogens (tertiary/aromatic N) is 5. The number of thioether (sulfide) groups is 1. The third-order valence-corrected chi connectivity index (χ3v) is 5.39. The summed E-state index contributed by atoms with van der Waals surface area (Å²) in [6.07, 6.45) is 3.38. The molecule has 8 heteroatoms. The van der Waals surface area contributed by atoms with E-state index >= 15 is 0 Å². The van der Waals surface area contributed by atoms with Crippen molar-refractivity contribution in [3.8, 4) is 5.69 Å². The molecule has 2 heterocycles. The van der Waals surface area contributed by atoms with Gasteiger partial charge >= 0.3 is 0 Å². The summed E-state index contributed by atoms with van der Waals surface area (Å²) in [6, 6.07) is 17.3. The summed E-state index contributed by atoms with van der Waals surface area (Å²) in [7, 11) is 0. The van der Waals surface area contributed by atoms with E-state index in [4.69, 9.17) is 0 Å². The predicted octanol–water partition coefficient (Wildman–Crippen LogP) is 4.22. The first kappa shape index (κ1) is 19.8. The van der Waals surface area contributed by atoms with Crippen LogP contribution >= 0.6 is 11.8 Å². The van der Waals surface area contributed by atoms with Crippen molar-refractivity contribution in [1.29, 1.82) is 0 Å². The summed E-state index contributed by atoms with van der Waals surface area (Å²) in [5, 5.41) is 12.1. The molecule has 30 heavy (non-hydrogen) atoms. The smallest absolute Gasteiger partial charge is 0.278 e. The molecule has 4 aromatic rings. The van der Waals surface area contributed by atoms with Gasteiger partial charge in [-0.25, -0.2) is 14.6 Å². The van der Waals surface area contributed by atoms with Gasteiger partial charge in [0.25, 0.3) is 5.91 Å². The van der Waals surface area contributed by atoms with Crippen molar-refractivity contribution in [2.24, 2.45) is 0 Å². The first-order valence-corrected chi connectivity index (χ1v) is 10.4. The Hall–Kier alpha value is -3.52. The fourth-order valence-corrected chi connectivity index (χ4v) is 3.72. The van der Waals surface area contributed by atoms with Crippen molar-refractivity contribution >= 4 is 23.4 Å². The van der Waals surface area contributed by atoms with Crippen LogP contribution in [-0.2, 0) is 5.75 Å². The average molecular weight is 417 g/mol. The van der Waals surface area contributed by atoms with Crippen LogP contribution in [0.4, 0.5) is 5.69 Å². The van der Waals surface area contributed by atoms with Crippen LogP contribution in [0.1, 0.15) is 27.3 Å². The Balaban J connectivity index is 1.67. The SMILES string of the molecule is Cc1ccc(C)c(NC(=O)c2nnn(-c3ccccc3)c2CSc2ncccn2)c1. The first-order chi connectivity index (χ1) is 14.6. The van der Waals surface area contributed by atoms with Crippen molar-refractivity contribution in [2.75, 3.05) is 5.32 Å². The second-order valence-electron chi connectivity index (χ2n) is 6.72. The number of benzene rings is 2. The number of anilines is 1. The summed E-state index contributed by atoms with van der Waals surface area (Å²) in [6.45, 7) is 3.95. The van der Waals surface area contributed by atoms with Gasteiger partial charge in [0.1, 0.15) is 0 Å². The Kier molecular flexibility index (Phi) is 5.85. The lowest BCUT2D eigenvalue weighted by atomic mass is 10.1. The van der Waals surface area contributed by atoms with Crippen molar-refractivity contribution in [3.05, 3.63) is 89.5 Å². The number of para-hydroxylation sites is 1. The van der Waals surface area contributed by atoms with Crippen LogP contribution in [0.2, 0.25) is 0 Å². The van der Waals surface area contributed by atoms with Crippen LogP contribution < -0.4 is 5.32 Å². The number of amides is 1. The number of aryl methyl sites for hydroxylation is 2. The molecule has 7 nitrogen and oxygen atoms in total. The van der Waals surface area contributed by atoms with Crippen molar-refractivity contribution in [3.63, 3.8) is 0 Å². The zero-order valence-electron chi connectivity index (χ0n) is 16.6. The summed E-state index contributed by atoms with van der Waals surface area (Å²) in [5.74, 6) is 0.150. The monoisotopic (exact) mass is 416 g/mol. The Labute approximate surface area is 178 Å².